The van der Waals surface area contributed by atoms with Gasteiger partial charge in [-0.3, -0.25) is 14.5 Å². The molecule has 194 valence electrons. The molecule has 2 aromatic heterocycles. The van der Waals surface area contributed by atoms with Gasteiger partial charge < -0.3 is 10.1 Å². The zero-order valence-electron chi connectivity index (χ0n) is 21.7. The Morgan fingerprint density at radius 1 is 1.16 bits per heavy atom. The first-order valence-corrected chi connectivity index (χ1v) is 12.8. The van der Waals surface area contributed by atoms with Crippen LogP contribution >= 0.6 is 0 Å². The topological polar surface area (TPSA) is 89.3 Å². The number of fused-ring (bicyclic) bond motifs is 1. The fourth-order valence-corrected chi connectivity index (χ4v) is 4.55. The first-order valence-electron chi connectivity index (χ1n) is 11.7. The van der Waals surface area contributed by atoms with Crippen molar-refractivity contribution in [2.75, 3.05) is 19.4 Å². The van der Waals surface area contributed by atoms with Crippen molar-refractivity contribution < 1.29 is 18.1 Å². The molecule has 0 aliphatic rings. The maximum absolute atomic E-state index is 15.3. The molecular weight excluding hydrogens is 493 g/mol. The Morgan fingerprint density at radius 2 is 1.92 bits per heavy atom. The number of nitrogens with zero attached hydrogens (tertiary/aromatic N) is 4. The minimum Gasteiger partial charge on any atom is -0.456 e. The summed E-state index contributed by atoms with van der Waals surface area (Å²) < 4.78 is 37.2. The van der Waals surface area contributed by atoms with Crippen LogP contribution in [0.15, 0.2) is 59.9 Å². The van der Waals surface area contributed by atoms with Gasteiger partial charge in [0.15, 0.2) is 0 Å². The van der Waals surface area contributed by atoms with E-state index in [1.807, 2.05) is 20.8 Å². The van der Waals surface area contributed by atoms with Crippen LogP contribution in [0.5, 0.6) is 11.5 Å². The average molecular weight is 524 g/mol. The van der Waals surface area contributed by atoms with Crippen molar-refractivity contribution in [3.63, 3.8) is 0 Å². The number of amides is 1. The number of carbonyl (C=O) groups excluding carboxylic acids is 1. The van der Waals surface area contributed by atoms with E-state index in [1.54, 1.807) is 85.0 Å². The van der Waals surface area contributed by atoms with Gasteiger partial charge in [0.2, 0.25) is 5.91 Å². The van der Waals surface area contributed by atoms with E-state index in [-0.39, 0.29) is 29.0 Å². The van der Waals surface area contributed by atoms with Gasteiger partial charge in [0.25, 0.3) is 0 Å². The van der Waals surface area contributed by atoms with Gasteiger partial charge in [-0.1, -0.05) is 6.07 Å². The molecule has 2 aromatic carbocycles. The lowest BCUT2D eigenvalue weighted by atomic mass is 10.1. The minimum atomic E-state index is -1.33. The van der Waals surface area contributed by atoms with Crippen molar-refractivity contribution in [1.29, 1.82) is 0 Å². The number of aromatic nitrogens is 3. The van der Waals surface area contributed by atoms with Crippen molar-refractivity contribution in [1.82, 2.24) is 19.1 Å². The zero-order valence-corrected chi connectivity index (χ0v) is 22.5. The van der Waals surface area contributed by atoms with Crippen molar-refractivity contribution in [3.05, 3.63) is 71.9 Å². The molecule has 0 aliphatic heterocycles. The number of rotatable bonds is 7. The number of carbonyl (C=O) groups is 1. The second-order valence-electron chi connectivity index (χ2n) is 9.88. The van der Waals surface area contributed by atoms with E-state index in [4.69, 9.17) is 4.74 Å². The van der Waals surface area contributed by atoms with Gasteiger partial charge in [-0.2, -0.15) is 5.10 Å². The maximum atomic E-state index is 15.3. The van der Waals surface area contributed by atoms with Crippen LogP contribution in [0, 0.1) is 12.7 Å². The SMILES string of the molecule is Cc1c(Oc2ccnc3ccc(S(=O)N(C)C)cc23)ccc(CC(=O)Nc2cnn(C(C)(C)C)c2)c1F. The molecule has 1 atom stereocenters. The van der Waals surface area contributed by atoms with Crippen molar-refractivity contribution >= 4 is 33.5 Å². The molecule has 37 heavy (non-hydrogen) atoms. The van der Waals surface area contributed by atoms with Crippen LogP contribution in [-0.2, 0) is 27.7 Å². The molecule has 0 fully saturated rings. The van der Waals surface area contributed by atoms with Crippen molar-refractivity contribution in [3.8, 4) is 11.5 Å². The minimum absolute atomic E-state index is 0.133. The third-order valence-electron chi connectivity index (χ3n) is 5.75. The van der Waals surface area contributed by atoms with Crippen LogP contribution in [0.1, 0.15) is 31.9 Å². The van der Waals surface area contributed by atoms with Crippen molar-refractivity contribution in [2.45, 2.75) is 44.6 Å². The molecule has 0 saturated heterocycles. The summed E-state index contributed by atoms with van der Waals surface area (Å²) >= 11 is 0. The summed E-state index contributed by atoms with van der Waals surface area (Å²) in [6.45, 7) is 7.62. The second-order valence-corrected chi connectivity index (χ2v) is 11.6. The number of benzene rings is 2. The standard InChI is InChI=1S/C27H30FN5O3S/c1-17-23(36-24-11-12-29-22-9-8-20(14-21(22)24)37(35)32(5)6)10-7-18(26(17)28)13-25(34)31-19-15-30-33(16-19)27(2,3)4/h7-12,14-16H,13H2,1-6H3,(H,31,34). The summed E-state index contributed by atoms with van der Waals surface area (Å²) in [4.78, 5) is 17.5. The highest BCUT2D eigenvalue weighted by atomic mass is 32.2. The van der Waals surface area contributed by atoms with Gasteiger partial charge in [0, 0.05) is 23.3 Å². The Balaban J connectivity index is 1.54. The highest BCUT2D eigenvalue weighted by Crippen LogP contribution is 2.33. The van der Waals surface area contributed by atoms with Gasteiger partial charge in [-0.25, -0.2) is 12.9 Å². The molecule has 0 radical (unpaired) electrons. The molecule has 0 bridgehead atoms. The van der Waals surface area contributed by atoms with E-state index < -0.39 is 16.8 Å². The van der Waals surface area contributed by atoms with E-state index in [0.717, 1.165) is 0 Å². The summed E-state index contributed by atoms with van der Waals surface area (Å²) in [6, 6.07) is 10.2. The molecule has 1 unspecified atom stereocenters. The van der Waals surface area contributed by atoms with Gasteiger partial charge in [0.1, 0.15) is 28.3 Å². The Bertz CT molecular complexity index is 1490. The second kappa shape index (κ2) is 10.4. The number of anilines is 1. The largest absolute Gasteiger partial charge is 0.456 e. The van der Waals surface area contributed by atoms with Crippen LogP contribution in [0.25, 0.3) is 10.9 Å². The summed E-state index contributed by atoms with van der Waals surface area (Å²) in [5.41, 5.74) is 1.54. The predicted octanol–water partition coefficient (Wildman–Crippen LogP) is 5.19. The first-order chi connectivity index (χ1) is 17.4. The summed E-state index contributed by atoms with van der Waals surface area (Å²) in [5, 5.41) is 7.70. The Hall–Kier alpha value is -3.63. The van der Waals surface area contributed by atoms with Gasteiger partial charge in [-0.05, 0) is 77.7 Å². The van der Waals surface area contributed by atoms with Gasteiger partial charge >= 0.3 is 0 Å². The third kappa shape index (κ3) is 5.86. The van der Waals surface area contributed by atoms with E-state index in [2.05, 4.69) is 15.4 Å². The fourth-order valence-electron chi connectivity index (χ4n) is 3.73. The molecule has 0 spiro atoms. The van der Waals surface area contributed by atoms with E-state index >= 15 is 4.39 Å². The van der Waals surface area contributed by atoms with Crippen LogP contribution in [0.4, 0.5) is 10.1 Å². The Labute approximate surface area is 218 Å². The summed E-state index contributed by atoms with van der Waals surface area (Å²) in [5.74, 6) is -0.0704. The van der Waals surface area contributed by atoms with Gasteiger partial charge in [0.05, 0.1) is 34.3 Å². The van der Waals surface area contributed by atoms with Gasteiger partial charge in [-0.15, -0.1) is 0 Å². The lowest BCUT2D eigenvalue weighted by molar-refractivity contribution is -0.115. The molecule has 1 amide bonds. The number of hydrogen-bond acceptors (Lipinski definition) is 5. The molecule has 1 N–H and O–H groups in total. The molecule has 4 aromatic rings. The molecule has 0 saturated carbocycles. The number of ether oxygens (including phenoxy) is 1. The third-order valence-corrected chi connectivity index (χ3v) is 7.07. The molecule has 0 aliphatic carbocycles. The Kier molecular flexibility index (Phi) is 7.42. The fraction of sp³-hybridized carbons (Fsp3) is 0.296. The number of hydrogen-bond donors (Lipinski definition) is 1. The van der Waals surface area contributed by atoms with Crippen LogP contribution in [0.3, 0.4) is 0 Å². The lowest BCUT2D eigenvalue weighted by Crippen LogP contribution is -2.22. The van der Waals surface area contributed by atoms with E-state index in [1.165, 1.54) is 0 Å². The van der Waals surface area contributed by atoms with E-state index in [0.29, 0.717) is 33.0 Å². The normalized spacial score (nSPS) is 12.6. The zero-order chi connectivity index (χ0) is 26.9. The maximum Gasteiger partial charge on any atom is 0.228 e. The predicted molar refractivity (Wildman–Crippen MR) is 143 cm³/mol. The monoisotopic (exact) mass is 523 g/mol. The highest BCUT2D eigenvalue weighted by molar-refractivity contribution is 7.82. The first kappa shape index (κ1) is 26.4. The van der Waals surface area contributed by atoms with Crippen LogP contribution in [-0.4, -0.2) is 43.3 Å². The molecule has 8 nitrogen and oxygen atoms in total. The quantitative estimate of drug-likeness (QED) is 0.360. The summed E-state index contributed by atoms with van der Waals surface area (Å²) in [7, 11) is 2.13. The van der Waals surface area contributed by atoms with E-state index in [9.17, 15) is 9.00 Å². The number of halogens is 1. The van der Waals surface area contributed by atoms with Crippen LogP contribution < -0.4 is 10.1 Å². The molecule has 4 rings (SSSR count). The molecular formula is C27H30FN5O3S. The lowest BCUT2D eigenvalue weighted by Gasteiger charge is -2.18. The number of pyridine rings is 1. The Morgan fingerprint density at radius 3 is 2.59 bits per heavy atom. The average Bonchev–Trinajstić information content (AvgIpc) is 3.32. The smallest absolute Gasteiger partial charge is 0.228 e. The molecule has 10 heteroatoms. The van der Waals surface area contributed by atoms with Crippen molar-refractivity contribution in [2.24, 2.45) is 0 Å². The highest BCUT2D eigenvalue weighted by Gasteiger charge is 2.18. The molecule has 2 heterocycles. The number of nitrogens with one attached hydrogen (secondary N) is 1. The summed E-state index contributed by atoms with van der Waals surface area (Å²) in [6.07, 6.45) is 4.78. The van der Waals surface area contributed by atoms with Crippen LogP contribution in [0.2, 0.25) is 0 Å².